The Morgan fingerprint density at radius 1 is 1.05 bits per heavy atom. The number of fused-ring (bicyclic) bond motifs is 1. The Morgan fingerprint density at radius 2 is 1.74 bits per heavy atom. The molecule has 10 nitrogen and oxygen atoms in total. The predicted octanol–water partition coefficient (Wildman–Crippen LogP) is 3.41. The second-order valence-electron chi connectivity index (χ2n) is 8.02. The normalized spacial score (nSPS) is 11.6. The van der Waals surface area contributed by atoms with Gasteiger partial charge in [-0.15, -0.1) is 0 Å². The SMILES string of the molecule is Cn1c(=O)n(CCO)c(=O)c2c1nc(OCCOc1cccc(OC(F)(F)I)c1)n2Cc1ccc(Cl)cc1. The molecule has 0 amide bonds. The summed E-state index contributed by atoms with van der Waals surface area (Å²) < 4.78 is 42.5. The summed E-state index contributed by atoms with van der Waals surface area (Å²) >= 11 is 6.87. The van der Waals surface area contributed by atoms with Crippen LogP contribution in [0.2, 0.25) is 5.02 Å². The molecule has 4 rings (SSSR count). The van der Waals surface area contributed by atoms with Gasteiger partial charge in [0.2, 0.25) is 0 Å². The Bertz CT molecular complexity index is 1550. The minimum absolute atomic E-state index is 0.0158. The average molecular weight is 663 g/mol. The molecule has 202 valence electrons. The molecular weight excluding hydrogens is 641 g/mol. The Kier molecular flexibility index (Phi) is 8.57. The van der Waals surface area contributed by atoms with Crippen LogP contribution in [0.4, 0.5) is 8.78 Å². The number of aryl methyl sites for hydroxylation is 1. The van der Waals surface area contributed by atoms with Crippen molar-refractivity contribution >= 4 is 45.4 Å². The third-order valence-corrected chi connectivity index (χ3v) is 5.87. The van der Waals surface area contributed by atoms with E-state index in [1.54, 1.807) is 30.3 Å². The second kappa shape index (κ2) is 11.7. The van der Waals surface area contributed by atoms with Gasteiger partial charge in [-0.25, -0.2) is 4.79 Å². The lowest BCUT2D eigenvalue weighted by Crippen LogP contribution is -2.40. The first kappa shape index (κ1) is 27.9. The molecule has 0 saturated carbocycles. The van der Waals surface area contributed by atoms with Gasteiger partial charge >= 0.3 is 9.81 Å². The molecule has 38 heavy (non-hydrogen) atoms. The number of hydrogen-bond acceptors (Lipinski definition) is 7. The van der Waals surface area contributed by atoms with Gasteiger partial charge in [0.25, 0.3) is 11.6 Å². The first-order valence-corrected chi connectivity index (χ1v) is 12.7. The largest absolute Gasteiger partial charge is 0.490 e. The highest BCUT2D eigenvalue weighted by Crippen LogP contribution is 2.29. The van der Waals surface area contributed by atoms with Gasteiger partial charge in [0.1, 0.15) is 24.7 Å². The van der Waals surface area contributed by atoms with E-state index in [0.717, 1.165) is 32.7 Å². The van der Waals surface area contributed by atoms with Crippen LogP contribution in [0.5, 0.6) is 17.5 Å². The lowest BCUT2D eigenvalue weighted by molar-refractivity contribution is -0.0692. The topological polar surface area (TPSA) is 110 Å². The van der Waals surface area contributed by atoms with E-state index in [9.17, 15) is 23.5 Å². The van der Waals surface area contributed by atoms with Gasteiger partial charge in [0.05, 0.1) is 42.3 Å². The van der Waals surface area contributed by atoms with Gasteiger partial charge in [0.15, 0.2) is 11.2 Å². The van der Waals surface area contributed by atoms with Crippen molar-refractivity contribution in [2.45, 2.75) is 17.2 Å². The number of benzene rings is 2. The van der Waals surface area contributed by atoms with Crippen molar-refractivity contribution in [1.82, 2.24) is 18.7 Å². The summed E-state index contributed by atoms with van der Waals surface area (Å²) in [7, 11) is 1.47. The molecule has 0 saturated heterocycles. The van der Waals surface area contributed by atoms with Crippen molar-refractivity contribution in [3.63, 3.8) is 0 Å². The van der Waals surface area contributed by atoms with E-state index in [0.29, 0.717) is 5.02 Å². The summed E-state index contributed by atoms with van der Waals surface area (Å²) in [6.45, 7) is -0.392. The molecule has 0 bridgehead atoms. The summed E-state index contributed by atoms with van der Waals surface area (Å²) in [5, 5.41) is 9.89. The van der Waals surface area contributed by atoms with Crippen molar-refractivity contribution in [2.24, 2.45) is 7.05 Å². The molecule has 2 heterocycles. The standard InChI is InChI=1S/C24H22ClF2IN4O6/c1-30-20-19(21(34)31(9-10-33)23(30)35)32(14-15-5-7-16(25)8-6-15)22(29-20)37-12-11-36-17-3-2-4-18(13-17)38-24(26,27)28/h2-8,13,33H,9-12,14H2,1H3. The highest BCUT2D eigenvalue weighted by molar-refractivity contribution is 14.1. The molecule has 0 atom stereocenters. The van der Waals surface area contributed by atoms with E-state index in [1.807, 2.05) is 0 Å². The quantitative estimate of drug-likeness (QED) is 0.149. The number of alkyl halides is 3. The number of rotatable bonds is 11. The highest BCUT2D eigenvalue weighted by Gasteiger charge is 2.26. The third kappa shape index (κ3) is 6.45. The lowest BCUT2D eigenvalue weighted by Gasteiger charge is -2.13. The first-order chi connectivity index (χ1) is 18.1. The molecular formula is C24H22ClF2IN4O6. The van der Waals surface area contributed by atoms with E-state index >= 15 is 0 Å². The minimum Gasteiger partial charge on any atom is -0.490 e. The number of hydrogen-bond donors (Lipinski definition) is 1. The molecule has 2 aromatic heterocycles. The maximum Gasteiger partial charge on any atom is 0.451 e. The molecule has 0 aliphatic rings. The fourth-order valence-electron chi connectivity index (χ4n) is 3.73. The Labute approximate surface area is 233 Å². The van der Waals surface area contributed by atoms with Crippen molar-refractivity contribution in [1.29, 1.82) is 0 Å². The molecule has 0 spiro atoms. The zero-order chi connectivity index (χ0) is 27.4. The number of aromatic nitrogens is 4. The van der Waals surface area contributed by atoms with Crippen LogP contribution in [0.15, 0.2) is 58.1 Å². The van der Waals surface area contributed by atoms with Crippen LogP contribution in [-0.2, 0) is 20.1 Å². The minimum atomic E-state index is -3.36. The van der Waals surface area contributed by atoms with E-state index in [1.165, 1.54) is 34.4 Å². The van der Waals surface area contributed by atoms with Crippen LogP contribution in [0.3, 0.4) is 0 Å². The van der Waals surface area contributed by atoms with Gasteiger partial charge < -0.3 is 19.3 Å². The second-order valence-corrected chi connectivity index (χ2v) is 9.71. The van der Waals surface area contributed by atoms with E-state index in [4.69, 9.17) is 21.1 Å². The van der Waals surface area contributed by atoms with Crippen LogP contribution in [-0.4, -0.2) is 47.7 Å². The van der Waals surface area contributed by atoms with Crippen LogP contribution in [0.1, 0.15) is 5.56 Å². The summed E-state index contributed by atoms with van der Waals surface area (Å²) in [5.74, 6) is 0.225. The van der Waals surface area contributed by atoms with Crippen molar-refractivity contribution in [3.05, 3.63) is 80.0 Å². The molecule has 0 radical (unpaired) electrons. The Morgan fingerprint density at radius 3 is 2.42 bits per heavy atom. The van der Waals surface area contributed by atoms with Crippen molar-refractivity contribution in [3.8, 4) is 17.5 Å². The molecule has 0 fully saturated rings. The zero-order valence-corrected chi connectivity index (χ0v) is 22.9. The zero-order valence-electron chi connectivity index (χ0n) is 19.9. The van der Waals surface area contributed by atoms with Crippen LogP contribution < -0.4 is 25.5 Å². The van der Waals surface area contributed by atoms with Crippen LogP contribution >= 0.6 is 34.2 Å². The molecule has 2 aromatic carbocycles. The molecule has 0 aliphatic carbocycles. The smallest absolute Gasteiger partial charge is 0.451 e. The van der Waals surface area contributed by atoms with Crippen LogP contribution in [0.25, 0.3) is 11.2 Å². The highest BCUT2D eigenvalue weighted by atomic mass is 127. The number of halogens is 4. The maximum absolute atomic E-state index is 13.2. The van der Waals surface area contributed by atoms with Gasteiger partial charge in [-0.1, -0.05) is 29.8 Å². The van der Waals surface area contributed by atoms with Gasteiger partial charge in [-0.2, -0.15) is 13.8 Å². The fraction of sp³-hybridized carbons (Fsp3) is 0.292. The average Bonchev–Trinajstić information content (AvgIpc) is 3.22. The molecule has 14 heteroatoms. The summed E-state index contributed by atoms with van der Waals surface area (Å²) in [6.07, 6.45) is 0. The Hall–Kier alpha value is -3.17. The van der Waals surface area contributed by atoms with Gasteiger partial charge in [-0.3, -0.25) is 18.5 Å². The molecule has 4 aromatic rings. The van der Waals surface area contributed by atoms with Crippen molar-refractivity contribution in [2.75, 3.05) is 19.8 Å². The first-order valence-electron chi connectivity index (χ1n) is 11.2. The number of aliphatic hydroxyl groups is 1. The molecule has 0 aliphatic heterocycles. The van der Waals surface area contributed by atoms with Crippen LogP contribution in [0, 0.1) is 0 Å². The number of imidazole rings is 1. The van der Waals surface area contributed by atoms with E-state index in [2.05, 4.69) is 9.72 Å². The monoisotopic (exact) mass is 662 g/mol. The summed E-state index contributed by atoms with van der Waals surface area (Å²) in [6, 6.07) is 12.8. The van der Waals surface area contributed by atoms with E-state index < -0.39 is 22.0 Å². The van der Waals surface area contributed by atoms with E-state index in [-0.39, 0.29) is 55.0 Å². The molecule has 0 unspecified atom stereocenters. The van der Waals surface area contributed by atoms with Gasteiger partial charge in [-0.05, 0) is 29.8 Å². The van der Waals surface area contributed by atoms with Gasteiger partial charge in [0, 0.05) is 18.1 Å². The fourth-order valence-corrected chi connectivity index (χ4v) is 4.11. The molecule has 1 N–H and O–H groups in total. The van der Waals surface area contributed by atoms with Crippen molar-refractivity contribution < 1.29 is 28.1 Å². The maximum atomic E-state index is 13.2. The number of nitrogens with zero attached hydrogens (tertiary/aromatic N) is 4. The lowest BCUT2D eigenvalue weighted by atomic mass is 10.2. The number of aliphatic hydroxyl groups excluding tert-OH is 1. The number of ether oxygens (including phenoxy) is 3. The summed E-state index contributed by atoms with van der Waals surface area (Å²) in [4.78, 5) is 30.3. The third-order valence-electron chi connectivity index (χ3n) is 5.40. The predicted molar refractivity (Wildman–Crippen MR) is 144 cm³/mol. The Balaban J connectivity index is 1.61. The summed E-state index contributed by atoms with van der Waals surface area (Å²) in [5.41, 5.74) is -0.212.